The third-order valence-corrected chi connectivity index (χ3v) is 0.917. The monoisotopic (exact) mass is 126 g/mol. The van der Waals surface area contributed by atoms with E-state index in [0.29, 0.717) is 0 Å². The van der Waals surface area contributed by atoms with Crippen molar-refractivity contribution in [1.29, 1.82) is 0 Å². The van der Waals surface area contributed by atoms with E-state index in [2.05, 4.69) is 4.98 Å². The Labute approximate surface area is 50.9 Å². The first-order valence-electron chi connectivity index (χ1n) is 2.37. The summed E-state index contributed by atoms with van der Waals surface area (Å²) in [6.45, 7) is 0. The fourth-order valence-electron chi connectivity index (χ4n) is 0.489. The van der Waals surface area contributed by atoms with E-state index in [1.807, 2.05) is 0 Å². The lowest BCUT2D eigenvalue weighted by atomic mass is 10.4. The molecule has 4 nitrogen and oxygen atoms in total. The van der Waals surface area contributed by atoms with Gasteiger partial charge in [0.2, 0.25) is 0 Å². The standard InChI is InChI=1S/C5H6N2O2/c6-4-1-3(8)2-7-5(4)9/h1-2,8H,6H2,(H,7,9). The van der Waals surface area contributed by atoms with Crippen molar-refractivity contribution in [2.24, 2.45) is 0 Å². The van der Waals surface area contributed by atoms with Crippen LogP contribution in [0.15, 0.2) is 17.1 Å². The molecule has 1 rings (SSSR count). The van der Waals surface area contributed by atoms with Crippen molar-refractivity contribution in [1.82, 2.24) is 4.98 Å². The molecule has 0 atom stereocenters. The van der Waals surface area contributed by atoms with Gasteiger partial charge in [0, 0.05) is 12.3 Å². The predicted molar refractivity (Wildman–Crippen MR) is 33.1 cm³/mol. The van der Waals surface area contributed by atoms with E-state index in [-0.39, 0.29) is 17.0 Å². The number of H-pyrrole nitrogens is 1. The molecule has 0 amide bonds. The molecule has 0 aliphatic rings. The number of nitrogen functional groups attached to an aromatic ring is 1. The fourth-order valence-corrected chi connectivity index (χ4v) is 0.489. The Balaban J connectivity index is 3.34. The number of aromatic amines is 1. The molecule has 0 bridgehead atoms. The Hall–Kier alpha value is -1.45. The molecule has 1 aromatic rings. The van der Waals surface area contributed by atoms with Gasteiger partial charge in [-0.2, -0.15) is 0 Å². The van der Waals surface area contributed by atoms with Crippen molar-refractivity contribution in [3.05, 3.63) is 22.6 Å². The lowest BCUT2D eigenvalue weighted by Gasteiger charge is -1.90. The molecule has 48 valence electrons. The van der Waals surface area contributed by atoms with Crippen LogP contribution in [0.5, 0.6) is 5.75 Å². The molecular weight excluding hydrogens is 120 g/mol. The summed E-state index contributed by atoms with van der Waals surface area (Å²) >= 11 is 0. The minimum atomic E-state index is -0.382. The summed E-state index contributed by atoms with van der Waals surface area (Å²) < 4.78 is 0. The molecule has 0 aliphatic carbocycles. The van der Waals surface area contributed by atoms with Crippen LogP contribution in [0.1, 0.15) is 0 Å². The van der Waals surface area contributed by atoms with E-state index in [1.54, 1.807) is 0 Å². The van der Waals surface area contributed by atoms with E-state index < -0.39 is 0 Å². The summed E-state index contributed by atoms with van der Waals surface area (Å²) in [6.07, 6.45) is 1.18. The van der Waals surface area contributed by atoms with Gasteiger partial charge < -0.3 is 15.8 Å². The van der Waals surface area contributed by atoms with Crippen LogP contribution in [0.2, 0.25) is 0 Å². The van der Waals surface area contributed by atoms with Gasteiger partial charge in [0.15, 0.2) is 0 Å². The van der Waals surface area contributed by atoms with Crippen molar-refractivity contribution in [2.75, 3.05) is 5.73 Å². The molecule has 0 fully saturated rings. The summed E-state index contributed by atoms with van der Waals surface area (Å²) in [5, 5.41) is 8.69. The van der Waals surface area contributed by atoms with E-state index in [0.717, 1.165) is 0 Å². The zero-order valence-electron chi connectivity index (χ0n) is 4.59. The topological polar surface area (TPSA) is 79.1 Å². The number of pyridine rings is 1. The van der Waals surface area contributed by atoms with Crippen LogP contribution in [-0.4, -0.2) is 10.1 Å². The third kappa shape index (κ3) is 1.02. The molecule has 0 saturated carbocycles. The highest BCUT2D eigenvalue weighted by molar-refractivity contribution is 5.39. The second kappa shape index (κ2) is 1.81. The van der Waals surface area contributed by atoms with Gasteiger partial charge in [0.1, 0.15) is 11.4 Å². The minimum Gasteiger partial charge on any atom is -0.506 e. The number of rotatable bonds is 0. The highest BCUT2D eigenvalue weighted by atomic mass is 16.3. The predicted octanol–water partition coefficient (Wildman–Crippen LogP) is -0.337. The average molecular weight is 126 g/mol. The van der Waals surface area contributed by atoms with Gasteiger partial charge in [-0.25, -0.2) is 0 Å². The first-order chi connectivity index (χ1) is 4.20. The van der Waals surface area contributed by atoms with Crippen molar-refractivity contribution >= 4 is 5.69 Å². The van der Waals surface area contributed by atoms with Gasteiger partial charge in [0.25, 0.3) is 5.56 Å². The second-order valence-corrected chi connectivity index (χ2v) is 1.64. The fraction of sp³-hybridized carbons (Fsp3) is 0. The summed E-state index contributed by atoms with van der Waals surface area (Å²) in [5.41, 5.74) is 4.76. The van der Waals surface area contributed by atoms with Crippen molar-refractivity contribution in [3.8, 4) is 5.75 Å². The van der Waals surface area contributed by atoms with Crippen LogP contribution >= 0.6 is 0 Å². The summed E-state index contributed by atoms with van der Waals surface area (Å²) in [6, 6.07) is 1.19. The lowest BCUT2D eigenvalue weighted by Crippen LogP contribution is -2.09. The molecular formula is C5H6N2O2. The van der Waals surface area contributed by atoms with Crippen LogP contribution in [-0.2, 0) is 0 Å². The first kappa shape index (κ1) is 5.68. The molecule has 0 spiro atoms. The van der Waals surface area contributed by atoms with E-state index in [4.69, 9.17) is 10.8 Å². The van der Waals surface area contributed by atoms with Crippen molar-refractivity contribution in [2.45, 2.75) is 0 Å². The van der Waals surface area contributed by atoms with Crippen molar-refractivity contribution < 1.29 is 5.11 Å². The normalized spacial score (nSPS) is 9.33. The van der Waals surface area contributed by atoms with Gasteiger partial charge in [-0.3, -0.25) is 4.79 Å². The first-order valence-corrected chi connectivity index (χ1v) is 2.37. The van der Waals surface area contributed by atoms with Gasteiger partial charge >= 0.3 is 0 Å². The molecule has 1 aromatic heterocycles. The Morgan fingerprint density at radius 1 is 1.67 bits per heavy atom. The van der Waals surface area contributed by atoms with Crippen LogP contribution in [0.4, 0.5) is 5.69 Å². The third-order valence-electron chi connectivity index (χ3n) is 0.917. The summed E-state index contributed by atoms with van der Waals surface area (Å²) in [7, 11) is 0. The molecule has 0 unspecified atom stereocenters. The van der Waals surface area contributed by atoms with Crippen LogP contribution in [0, 0.1) is 0 Å². The van der Waals surface area contributed by atoms with Gasteiger partial charge in [-0.1, -0.05) is 0 Å². The SMILES string of the molecule is Nc1cc(O)c[nH]c1=O. The molecule has 4 heteroatoms. The van der Waals surface area contributed by atoms with Crippen LogP contribution in [0.3, 0.4) is 0 Å². The zero-order chi connectivity index (χ0) is 6.85. The largest absolute Gasteiger partial charge is 0.506 e. The maximum atomic E-state index is 10.5. The number of nitrogens with one attached hydrogen (secondary N) is 1. The van der Waals surface area contributed by atoms with E-state index in [1.165, 1.54) is 12.3 Å². The quantitative estimate of drug-likeness (QED) is 0.445. The molecule has 0 saturated heterocycles. The number of aromatic hydroxyl groups is 1. The van der Waals surface area contributed by atoms with Crippen LogP contribution in [0.25, 0.3) is 0 Å². The van der Waals surface area contributed by atoms with Gasteiger partial charge in [0.05, 0.1) is 0 Å². The number of anilines is 1. The second-order valence-electron chi connectivity index (χ2n) is 1.64. The highest BCUT2D eigenvalue weighted by Gasteiger charge is 1.92. The Morgan fingerprint density at radius 3 is 2.78 bits per heavy atom. The van der Waals surface area contributed by atoms with Crippen molar-refractivity contribution in [3.63, 3.8) is 0 Å². The van der Waals surface area contributed by atoms with E-state index in [9.17, 15) is 4.79 Å². The number of nitrogens with two attached hydrogens (primary N) is 1. The molecule has 0 aliphatic heterocycles. The maximum Gasteiger partial charge on any atom is 0.271 e. The number of hydrogen-bond acceptors (Lipinski definition) is 3. The van der Waals surface area contributed by atoms with Crippen LogP contribution < -0.4 is 11.3 Å². The van der Waals surface area contributed by atoms with E-state index >= 15 is 0 Å². The summed E-state index contributed by atoms with van der Waals surface area (Å²) in [5.74, 6) is -0.0351. The molecule has 0 aromatic carbocycles. The number of hydrogen-bond donors (Lipinski definition) is 3. The van der Waals surface area contributed by atoms with Gasteiger partial charge in [-0.15, -0.1) is 0 Å². The maximum absolute atomic E-state index is 10.5. The van der Waals surface area contributed by atoms with Gasteiger partial charge in [-0.05, 0) is 0 Å². The molecule has 4 N–H and O–H groups in total. The lowest BCUT2D eigenvalue weighted by molar-refractivity contribution is 0.472. The Morgan fingerprint density at radius 2 is 2.33 bits per heavy atom. The highest BCUT2D eigenvalue weighted by Crippen LogP contribution is 2.04. The zero-order valence-corrected chi connectivity index (χ0v) is 4.59. The molecule has 1 heterocycles. The smallest absolute Gasteiger partial charge is 0.271 e. The molecule has 0 radical (unpaired) electrons. The summed E-state index contributed by atoms with van der Waals surface area (Å²) in [4.78, 5) is 12.7. The Kier molecular flexibility index (Phi) is 1.14. The Bertz CT molecular complexity index is 266. The minimum absolute atomic E-state index is 0.0231. The number of aromatic nitrogens is 1. The average Bonchev–Trinajstić information content (AvgIpc) is 1.80. The molecule has 9 heavy (non-hydrogen) atoms.